The average molecular weight is 391 g/mol. The number of benzene rings is 1. The van der Waals surface area contributed by atoms with Crippen LogP contribution in [0.15, 0.2) is 39.7 Å². The lowest BCUT2D eigenvalue weighted by Crippen LogP contribution is -2.30. The Balaban J connectivity index is 2.21. The number of nitrogens with zero attached hydrogens (tertiary/aromatic N) is 1. The number of ether oxygens (including phenoxy) is 1. The number of carbonyl (C=O) groups excluding carboxylic acids is 1. The molecule has 7 heteroatoms. The third-order valence-electron chi connectivity index (χ3n) is 4.82. The molecule has 0 atom stereocenters. The van der Waals surface area contributed by atoms with Crippen molar-refractivity contribution >= 4 is 12.6 Å². The zero-order valence-electron chi connectivity index (χ0n) is 17.0. The average Bonchev–Trinajstić information content (AvgIpc) is 3.38. The minimum Gasteiger partial charge on any atom is -0.494 e. The molecule has 0 spiro atoms. The van der Waals surface area contributed by atoms with Gasteiger partial charge < -0.3 is 15.4 Å². The van der Waals surface area contributed by atoms with Gasteiger partial charge in [0.25, 0.3) is 5.91 Å². The van der Waals surface area contributed by atoms with Crippen molar-refractivity contribution in [3.8, 4) is 5.75 Å². The van der Waals surface area contributed by atoms with Crippen LogP contribution in [0.4, 0.5) is 8.78 Å². The van der Waals surface area contributed by atoms with E-state index in [1.54, 1.807) is 6.92 Å². The van der Waals surface area contributed by atoms with Crippen molar-refractivity contribution < 1.29 is 18.3 Å². The fraction of sp³-hybridized carbons (Fsp3) is 0.429. The zero-order chi connectivity index (χ0) is 21.1. The zero-order valence-corrected chi connectivity index (χ0v) is 17.0. The number of halogens is 2. The number of methoxy groups -OCH3 is 1. The van der Waals surface area contributed by atoms with Crippen molar-refractivity contribution in [2.24, 2.45) is 4.99 Å². The summed E-state index contributed by atoms with van der Waals surface area (Å²) in [6.45, 7) is 10.9. The highest BCUT2D eigenvalue weighted by atomic mass is 19.2. The maximum absolute atomic E-state index is 14.1. The third kappa shape index (κ3) is 4.77. The maximum atomic E-state index is 14.1. The van der Waals surface area contributed by atoms with Gasteiger partial charge in [-0.2, -0.15) is 4.39 Å². The van der Waals surface area contributed by atoms with Gasteiger partial charge in [-0.3, -0.25) is 4.79 Å². The van der Waals surface area contributed by atoms with Gasteiger partial charge in [0.15, 0.2) is 11.6 Å². The summed E-state index contributed by atoms with van der Waals surface area (Å²) in [4.78, 5) is 16.8. The van der Waals surface area contributed by atoms with Gasteiger partial charge >= 0.3 is 0 Å². The van der Waals surface area contributed by atoms with Crippen molar-refractivity contribution in [2.45, 2.75) is 52.6 Å². The smallest absolute Gasteiger partial charge is 0.251 e. The first kappa shape index (κ1) is 21.6. The molecule has 1 aromatic rings. The van der Waals surface area contributed by atoms with Crippen LogP contribution in [-0.4, -0.2) is 25.3 Å². The lowest BCUT2D eigenvalue weighted by molar-refractivity contribution is -0.117. The molecule has 0 aromatic heterocycles. The minimum atomic E-state index is -1.08. The van der Waals surface area contributed by atoms with Crippen molar-refractivity contribution in [3.05, 3.63) is 51.9 Å². The number of hydrogen-bond acceptors (Lipinski definition) is 4. The Kier molecular flexibility index (Phi) is 6.59. The summed E-state index contributed by atoms with van der Waals surface area (Å²) < 4.78 is 32.7. The van der Waals surface area contributed by atoms with Gasteiger partial charge in [-0.15, -0.1) is 0 Å². The summed E-state index contributed by atoms with van der Waals surface area (Å²) >= 11 is 0. The Morgan fingerprint density at radius 3 is 2.39 bits per heavy atom. The Morgan fingerprint density at radius 1 is 1.25 bits per heavy atom. The van der Waals surface area contributed by atoms with Crippen LogP contribution in [0.3, 0.4) is 0 Å². The summed E-state index contributed by atoms with van der Waals surface area (Å²) in [5.41, 5.74) is 1.88. The molecular weight excluding hydrogens is 364 g/mol. The van der Waals surface area contributed by atoms with E-state index >= 15 is 0 Å². The lowest BCUT2D eigenvalue weighted by atomic mass is 10.0. The van der Waals surface area contributed by atoms with Gasteiger partial charge in [-0.05, 0) is 53.3 Å². The summed E-state index contributed by atoms with van der Waals surface area (Å²) in [6.07, 6.45) is 2.05. The quantitative estimate of drug-likeness (QED) is 0.400. The fourth-order valence-electron chi connectivity index (χ4n) is 2.87. The van der Waals surface area contributed by atoms with E-state index in [0.717, 1.165) is 18.4 Å². The summed E-state index contributed by atoms with van der Waals surface area (Å²) in [6, 6.07) is 2.71. The highest BCUT2D eigenvalue weighted by Gasteiger charge is 2.38. The van der Waals surface area contributed by atoms with Crippen LogP contribution in [-0.2, 0) is 11.3 Å². The Hall–Kier alpha value is -2.70. The second-order valence-electron chi connectivity index (χ2n) is 7.43. The van der Waals surface area contributed by atoms with E-state index in [2.05, 4.69) is 29.3 Å². The molecule has 2 N–H and O–H groups in total. The van der Waals surface area contributed by atoms with Crippen LogP contribution in [0.5, 0.6) is 5.75 Å². The van der Waals surface area contributed by atoms with E-state index in [0.29, 0.717) is 17.0 Å². The standard InChI is InChI=1S/C21H27F2N3O2/c1-12(2)16(13(3)19(24-5)26-21(4)9-10-21)20(27)25-11-14-7-8-15(28-6)18(23)17(14)22/h7-8,26H,5,9-11H2,1-4,6H3,(H,25,27)/b19-13-. The van der Waals surface area contributed by atoms with E-state index < -0.39 is 17.5 Å². The summed E-state index contributed by atoms with van der Waals surface area (Å²) in [5.74, 6) is -2.14. The van der Waals surface area contributed by atoms with E-state index in [4.69, 9.17) is 4.74 Å². The van der Waals surface area contributed by atoms with E-state index in [9.17, 15) is 13.6 Å². The first-order valence-corrected chi connectivity index (χ1v) is 9.06. The molecule has 0 bridgehead atoms. The molecular formula is C21H27F2N3O2. The monoisotopic (exact) mass is 391 g/mol. The van der Waals surface area contributed by atoms with Gasteiger partial charge in [-0.25, -0.2) is 9.38 Å². The topological polar surface area (TPSA) is 62.7 Å². The molecule has 28 heavy (non-hydrogen) atoms. The van der Waals surface area contributed by atoms with Crippen molar-refractivity contribution in [2.75, 3.05) is 7.11 Å². The number of amides is 1. The number of nitrogens with one attached hydrogen (secondary N) is 2. The number of rotatable bonds is 8. The predicted octanol–water partition coefficient (Wildman–Crippen LogP) is 4.00. The second kappa shape index (κ2) is 8.54. The molecule has 1 aliphatic carbocycles. The Bertz CT molecular complexity index is 851. The number of carbonyl (C=O) groups is 1. The molecule has 1 saturated carbocycles. The highest BCUT2D eigenvalue weighted by molar-refractivity contribution is 5.98. The van der Waals surface area contributed by atoms with Crippen molar-refractivity contribution in [3.63, 3.8) is 0 Å². The molecule has 0 unspecified atom stereocenters. The first-order valence-electron chi connectivity index (χ1n) is 9.06. The lowest BCUT2D eigenvalue weighted by Gasteiger charge is -2.18. The van der Waals surface area contributed by atoms with Crippen LogP contribution in [0.2, 0.25) is 0 Å². The van der Waals surface area contributed by atoms with Gasteiger partial charge in [0.1, 0.15) is 5.82 Å². The molecule has 152 valence electrons. The highest BCUT2D eigenvalue weighted by Crippen LogP contribution is 2.36. The largest absolute Gasteiger partial charge is 0.494 e. The van der Waals surface area contributed by atoms with Crippen LogP contribution in [0, 0.1) is 11.6 Å². The van der Waals surface area contributed by atoms with Crippen LogP contribution < -0.4 is 15.4 Å². The first-order chi connectivity index (χ1) is 13.1. The van der Waals surface area contributed by atoms with E-state index in [-0.39, 0.29) is 23.4 Å². The van der Waals surface area contributed by atoms with Crippen LogP contribution >= 0.6 is 0 Å². The van der Waals surface area contributed by atoms with Crippen molar-refractivity contribution in [1.29, 1.82) is 0 Å². The van der Waals surface area contributed by atoms with E-state index in [1.807, 2.05) is 13.8 Å². The maximum Gasteiger partial charge on any atom is 0.251 e. The predicted molar refractivity (Wildman–Crippen MR) is 106 cm³/mol. The van der Waals surface area contributed by atoms with Crippen LogP contribution in [0.1, 0.15) is 46.1 Å². The minimum absolute atomic E-state index is 0.0230. The molecule has 5 nitrogen and oxygen atoms in total. The molecule has 0 aliphatic heterocycles. The number of aliphatic imine (C=N–C) groups is 1. The van der Waals surface area contributed by atoms with Crippen LogP contribution in [0.25, 0.3) is 0 Å². The van der Waals surface area contributed by atoms with Gasteiger partial charge in [-0.1, -0.05) is 11.6 Å². The number of allylic oxidation sites excluding steroid dienone is 1. The molecule has 0 radical (unpaired) electrons. The fourth-order valence-corrected chi connectivity index (χ4v) is 2.87. The molecule has 0 heterocycles. The van der Waals surface area contributed by atoms with Gasteiger partial charge in [0.05, 0.1) is 7.11 Å². The van der Waals surface area contributed by atoms with Gasteiger partial charge in [0.2, 0.25) is 5.82 Å². The Morgan fingerprint density at radius 2 is 1.89 bits per heavy atom. The summed E-state index contributed by atoms with van der Waals surface area (Å²) in [5, 5.41) is 5.98. The molecule has 1 fully saturated rings. The molecule has 1 amide bonds. The molecule has 1 aliphatic rings. The third-order valence-corrected chi connectivity index (χ3v) is 4.82. The molecule has 0 saturated heterocycles. The Labute approximate surface area is 164 Å². The SMILES string of the molecule is C=N/C(NC1(C)CC1)=C(\C)C(C(=O)NCc1ccc(OC)c(F)c1F)=C(C)C. The van der Waals surface area contributed by atoms with E-state index in [1.165, 1.54) is 19.2 Å². The van der Waals surface area contributed by atoms with Crippen molar-refractivity contribution in [1.82, 2.24) is 10.6 Å². The second-order valence-corrected chi connectivity index (χ2v) is 7.43. The van der Waals surface area contributed by atoms with Gasteiger partial charge in [0, 0.05) is 28.8 Å². The normalized spacial score (nSPS) is 15.2. The molecule has 1 aromatic carbocycles. The summed E-state index contributed by atoms with van der Waals surface area (Å²) in [7, 11) is 1.26. The number of hydrogen-bond donors (Lipinski definition) is 2. The molecule has 2 rings (SSSR count).